The lowest BCUT2D eigenvalue weighted by Crippen LogP contribution is -2.30. The third-order valence-electron chi connectivity index (χ3n) is 2.96. The van der Waals surface area contributed by atoms with E-state index in [1.54, 1.807) is 11.3 Å². The van der Waals surface area contributed by atoms with Crippen LogP contribution in [0.5, 0.6) is 0 Å². The van der Waals surface area contributed by atoms with Crippen LogP contribution in [0.4, 0.5) is 0 Å². The van der Waals surface area contributed by atoms with Crippen molar-refractivity contribution in [1.82, 2.24) is 14.7 Å². The van der Waals surface area contributed by atoms with E-state index >= 15 is 0 Å². The van der Waals surface area contributed by atoms with Gasteiger partial charge in [-0.25, -0.2) is 4.98 Å². The number of carbonyl (C=O) groups excluding carboxylic acids is 1. The van der Waals surface area contributed by atoms with Gasteiger partial charge in [0.2, 0.25) is 0 Å². The maximum absolute atomic E-state index is 12.4. The number of amides is 1. The fourth-order valence-electron chi connectivity index (χ4n) is 2.16. The van der Waals surface area contributed by atoms with E-state index in [2.05, 4.69) is 10.3 Å². The average Bonchev–Trinajstić information content (AvgIpc) is 3.04. The molecular formula is C15H15N3OS. The first kappa shape index (κ1) is 12.9. The van der Waals surface area contributed by atoms with Crippen molar-refractivity contribution in [2.45, 2.75) is 19.9 Å². The molecule has 0 radical (unpaired) electrons. The van der Waals surface area contributed by atoms with E-state index in [1.165, 1.54) is 0 Å². The SMILES string of the molecule is CC(C)NC(=O)c1nc2ccccn2c1-c1ccsc1. The van der Waals surface area contributed by atoms with Gasteiger partial charge in [0, 0.05) is 23.2 Å². The van der Waals surface area contributed by atoms with Gasteiger partial charge in [0.05, 0.1) is 5.69 Å². The predicted molar refractivity (Wildman–Crippen MR) is 81.1 cm³/mol. The standard InChI is InChI=1S/C15H15N3OS/c1-10(2)16-15(19)13-14(11-6-8-20-9-11)18-7-4-3-5-12(18)17-13/h3-10H,1-2H3,(H,16,19). The molecule has 1 N–H and O–H groups in total. The monoisotopic (exact) mass is 285 g/mol. The molecule has 5 heteroatoms. The van der Waals surface area contributed by atoms with Gasteiger partial charge in [-0.05, 0) is 37.4 Å². The summed E-state index contributed by atoms with van der Waals surface area (Å²) in [7, 11) is 0. The molecule has 1 amide bonds. The number of nitrogens with zero attached hydrogens (tertiary/aromatic N) is 2. The van der Waals surface area contributed by atoms with Crippen molar-refractivity contribution in [2.24, 2.45) is 0 Å². The predicted octanol–water partition coefficient (Wildman–Crippen LogP) is 3.20. The summed E-state index contributed by atoms with van der Waals surface area (Å²) in [6, 6.07) is 7.86. The minimum absolute atomic E-state index is 0.0858. The summed E-state index contributed by atoms with van der Waals surface area (Å²) >= 11 is 1.61. The van der Waals surface area contributed by atoms with Crippen LogP contribution in [0.25, 0.3) is 16.9 Å². The number of thiophene rings is 1. The fraction of sp³-hybridized carbons (Fsp3) is 0.200. The van der Waals surface area contributed by atoms with E-state index < -0.39 is 0 Å². The Morgan fingerprint density at radius 2 is 2.20 bits per heavy atom. The van der Waals surface area contributed by atoms with Crippen molar-refractivity contribution in [3.63, 3.8) is 0 Å². The Labute approximate surface area is 121 Å². The second-order valence-corrected chi connectivity index (χ2v) is 5.66. The first-order chi connectivity index (χ1) is 9.66. The van der Waals surface area contributed by atoms with E-state index in [0.717, 1.165) is 16.9 Å². The molecule has 3 rings (SSSR count). The molecule has 0 aliphatic carbocycles. The van der Waals surface area contributed by atoms with Gasteiger partial charge in [0.25, 0.3) is 5.91 Å². The molecule has 3 heterocycles. The number of carbonyl (C=O) groups is 1. The van der Waals surface area contributed by atoms with Crippen molar-refractivity contribution in [1.29, 1.82) is 0 Å². The Kier molecular flexibility index (Phi) is 3.28. The highest BCUT2D eigenvalue weighted by Crippen LogP contribution is 2.27. The first-order valence-electron chi connectivity index (χ1n) is 6.47. The summed E-state index contributed by atoms with van der Waals surface area (Å²) in [5.74, 6) is -0.134. The maximum Gasteiger partial charge on any atom is 0.272 e. The quantitative estimate of drug-likeness (QED) is 0.803. The Morgan fingerprint density at radius 1 is 1.35 bits per heavy atom. The largest absolute Gasteiger partial charge is 0.348 e. The first-order valence-corrected chi connectivity index (χ1v) is 7.41. The highest BCUT2D eigenvalue weighted by molar-refractivity contribution is 7.08. The minimum atomic E-state index is -0.134. The normalized spacial score (nSPS) is 11.2. The fourth-order valence-corrected chi connectivity index (χ4v) is 2.80. The number of imidazole rings is 1. The van der Waals surface area contributed by atoms with Crippen molar-refractivity contribution >= 4 is 22.9 Å². The lowest BCUT2D eigenvalue weighted by molar-refractivity contribution is 0.0939. The average molecular weight is 285 g/mol. The van der Waals surface area contributed by atoms with Crippen molar-refractivity contribution in [3.05, 3.63) is 46.9 Å². The van der Waals surface area contributed by atoms with Gasteiger partial charge < -0.3 is 5.32 Å². The molecule has 3 aromatic rings. The molecule has 3 aromatic heterocycles. The molecule has 0 aliphatic rings. The zero-order chi connectivity index (χ0) is 14.1. The highest BCUT2D eigenvalue weighted by atomic mass is 32.1. The van der Waals surface area contributed by atoms with E-state index in [1.807, 2.05) is 59.5 Å². The third kappa shape index (κ3) is 2.20. The van der Waals surface area contributed by atoms with Gasteiger partial charge in [0.15, 0.2) is 5.69 Å². The van der Waals surface area contributed by atoms with Gasteiger partial charge in [-0.15, -0.1) is 0 Å². The van der Waals surface area contributed by atoms with E-state index in [-0.39, 0.29) is 11.9 Å². The van der Waals surface area contributed by atoms with Gasteiger partial charge in [0.1, 0.15) is 5.65 Å². The molecule has 0 saturated heterocycles. The molecule has 0 spiro atoms. The second kappa shape index (κ2) is 5.09. The third-order valence-corrected chi connectivity index (χ3v) is 3.64. The van der Waals surface area contributed by atoms with Gasteiger partial charge >= 0.3 is 0 Å². The molecule has 0 saturated carbocycles. The Bertz CT molecular complexity index is 744. The Morgan fingerprint density at radius 3 is 2.90 bits per heavy atom. The second-order valence-electron chi connectivity index (χ2n) is 4.88. The van der Waals surface area contributed by atoms with E-state index in [0.29, 0.717) is 5.69 Å². The number of rotatable bonds is 3. The van der Waals surface area contributed by atoms with Gasteiger partial charge in [-0.2, -0.15) is 11.3 Å². The molecule has 0 unspecified atom stereocenters. The summed E-state index contributed by atoms with van der Waals surface area (Å²) in [6.07, 6.45) is 1.93. The summed E-state index contributed by atoms with van der Waals surface area (Å²) in [6.45, 7) is 3.88. The summed E-state index contributed by atoms with van der Waals surface area (Å²) in [5, 5.41) is 6.94. The van der Waals surface area contributed by atoms with E-state index in [4.69, 9.17) is 0 Å². The lowest BCUT2D eigenvalue weighted by atomic mass is 10.2. The van der Waals surface area contributed by atoms with Crippen molar-refractivity contribution < 1.29 is 4.79 Å². The summed E-state index contributed by atoms with van der Waals surface area (Å²) in [4.78, 5) is 16.8. The van der Waals surface area contributed by atoms with Crippen molar-refractivity contribution in [3.8, 4) is 11.3 Å². The molecule has 0 atom stereocenters. The van der Waals surface area contributed by atoms with Crippen LogP contribution in [0, 0.1) is 0 Å². The molecule has 4 nitrogen and oxygen atoms in total. The lowest BCUT2D eigenvalue weighted by Gasteiger charge is -2.07. The molecular weight excluding hydrogens is 270 g/mol. The number of hydrogen-bond donors (Lipinski definition) is 1. The maximum atomic E-state index is 12.4. The molecule has 102 valence electrons. The molecule has 20 heavy (non-hydrogen) atoms. The number of hydrogen-bond acceptors (Lipinski definition) is 3. The Balaban J connectivity index is 2.21. The van der Waals surface area contributed by atoms with Crippen LogP contribution in [0.15, 0.2) is 41.2 Å². The van der Waals surface area contributed by atoms with Crippen LogP contribution >= 0.6 is 11.3 Å². The van der Waals surface area contributed by atoms with Crippen LogP contribution in [0.3, 0.4) is 0 Å². The molecule has 0 aliphatic heterocycles. The van der Waals surface area contributed by atoms with Crippen LogP contribution in [0.1, 0.15) is 24.3 Å². The number of fused-ring (bicyclic) bond motifs is 1. The van der Waals surface area contributed by atoms with Gasteiger partial charge in [-0.3, -0.25) is 9.20 Å². The summed E-state index contributed by atoms with van der Waals surface area (Å²) in [5.41, 5.74) is 3.12. The molecule has 0 fully saturated rings. The zero-order valence-electron chi connectivity index (χ0n) is 11.3. The van der Waals surface area contributed by atoms with Crippen LogP contribution < -0.4 is 5.32 Å². The van der Waals surface area contributed by atoms with Gasteiger partial charge in [-0.1, -0.05) is 6.07 Å². The van der Waals surface area contributed by atoms with E-state index in [9.17, 15) is 4.79 Å². The number of aromatic nitrogens is 2. The molecule has 0 bridgehead atoms. The van der Waals surface area contributed by atoms with Crippen LogP contribution in [-0.4, -0.2) is 21.3 Å². The number of nitrogens with one attached hydrogen (secondary N) is 1. The molecule has 0 aromatic carbocycles. The highest BCUT2D eigenvalue weighted by Gasteiger charge is 2.20. The van der Waals surface area contributed by atoms with Crippen LogP contribution in [-0.2, 0) is 0 Å². The topological polar surface area (TPSA) is 46.4 Å². The van der Waals surface area contributed by atoms with Crippen LogP contribution in [0.2, 0.25) is 0 Å². The smallest absolute Gasteiger partial charge is 0.272 e. The Hall–Kier alpha value is -2.14. The summed E-state index contributed by atoms with van der Waals surface area (Å²) < 4.78 is 1.96. The number of pyridine rings is 1. The zero-order valence-corrected chi connectivity index (χ0v) is 12.1. The van der Waals surface area contributed by atoms with Crippen molar-refractivity contribution in [2.75, 3.05) is 0 Å². The minimum Gasteiger partial charge on any atom is -0.348 e.